The van der Waals surface area contributed by atoms with Crippen molar-refractivity contribution in [2.24, 2.45) is 0 Å². The van der Waals surface area contributed by atoms with Gasteiger partial charge in [0.1, 0.15) is 22.6 Å². The fourth-order valence-corrected chi connectivity index (χ4v) is 4.44. The van der Waals surface area contributed by atoms with Crippen molar-refractivity contribution in [2.45, 2.75) is 32.9 Å². The van der Waals surface area contributed by atoms with E-state index in [2.05, 4.69) is 11.9 Å². The minimum atomic E-state index is -0.0820. The highest BCUT2D eigenvalue weighted by Crippen LogP contribution is 2.35. The molecule has 0 radical (unpaired) electrons. The number of carbonyl (C=O) groups excluding carboxylic acids is 1. The van der Waals surface area contributed by atoms with Gasteiger partial charge in [0, 0.05) is 30.7 Å². The Balaban J connectivity index is 1.49. The van der Waals surface area contributed by atoms with Gasteiger partial charge in [-0.2, -0.15) is 0 Å². The van der Waals surface area contributed by atoms with Gasteiger partial charge in [-0.1, -0.05) is 12.1 Å². The molecule has 6 heteroatoms. The van der Waals surface area contributed by atoms with Gasteiger partial charge in [0.25, 0.3) is 0 Å². The lowest BCUT2D eigenvalue weighted by Crippen LogP contribution is -2.23. The average molecular weight is 409 g/mol. The fraction of sp³-hybridized carbons (Fsp3) is 0.304. The van der Waals surface area contributed by atoms with E-state index in [1.807, 2.05) is 43.3 Å². The minimum Gasteiger partial charge on any atom is -0.493 e. The number of thiazole rings is 1. The molecule has 29 heavy (non-hydrogen) atoms. The molecule has 0 fully saturated rings. The molecule has 0 aliphatic carbocycles. The number of fused-ring (bicyclic) bond motifs is 2. The fourth-order valence-electron chi connectivity index (χ4n) is 3.42. The molecule has 1 aromatic heterocycles. The Morgan fingerprint density at radius 1 is 1.38 bits per heavy atom. The predicted molar refractivity (Wildman–Crippen MR) is 117 cm³/mol. The molecule has 2 heterocycles. The maximum absolute atomic E-state index is 12.6. The first kappa shape index (κ1) is 19.5. The standard InChI is InChI=1S/C23H24N2O3S/c1-4-27-19-13-17-11-15(2)28-20(17)12-16(19)9-10-23(26)25(3)14-22-24-18-7-5-6-8-21(18)29-22/h5-10,12-13,15H,4,11,14H2,1-3H3/b10-9+. The van der Waals surface area contributed by atoms with Crippen molar-refractivity contribution in [1.82, 2.24) is 9.88 Å². The van der Waals surface area contributed by atoms with E-state index < -0.39 is 0 Å². The van der Waals surface area contributed by atoms with Gasteiger partial charge in [-0.25, -0.2) is 4.98 Å². The first-order chi connectivity index (χ1) is 14.0. The topological polar surface area (TPSA) is 51.7 Å². The average Bonchev–Trinajstić information content (AvgIpc) is 3.27. The van der Waals surface area contributed by atoms with E-state index in [9.17, 15) is 4.79 Å². The molecule has 1 atom stereocenters. The summed E-state index contributed by atoms with van der Waals surface area (Å²) in [5, 5.41) is 0.922. The summed E-state index contributed by atoms with van der Waals surface area (Å²) in [5.74, 6) is 1.57. The van der Waals surface area contributed by atoms with Crippen LogP contribution in [-0.4, -0.2) is 35.5 Å². The van der Waals surface area contributed by atoms with Crippen molar-refractivity contribution in [3.05, 3.63) is 58.6 Å². The van der Waals surface area contributed by atoms with Crippen LogP contribution in [0.15, 0.2) is 42.5 Å². The van der Waals surface area contributed by atoms with Crippen molar-refractivity contribution in [3.63, 3.8) is 0 Å². The number of aromatic nitrogens is 1. The zero-order chi connectivity index (χ0) is 20.4. The van der Waals surface area contributed by atoms with E-state index in [0.717, 1.165) is 44.3 Å². The number of para-hydroxylation sites is 1. The van der Waals surface area contributed by atoms with E-state index >= 15 is 0 Å². The van der Waals surface area contributed by atoms with Crippen LogP contribution in [0.5, 0.6) is 11.5 Å². The number of rotatable bonds is 6. The van der Waals surface area contributed by atoms with Gasteiger partial charge < -0.3 is 14.4 Å². The SMILES string of the molecule is CCOc1cc2c(cc1/C=C/C(=O)N(C)Cc1nc3ccccc3s1)OC(C)C2. The Bertz CT molecular complexity index is 1040. The third kappa shape index (κ3) is 4.27. The van der Waals surface area contributed by atoms with Gasteiger partial charge in [0.05, 0.1) is 23.4 Å². The van der Waals surface area contributed by atoms with Crippen LogP contribution in [0.4, 0.5) is 0 Å². The number of carbonyl (C=O) groups is 1. The number of hydrogen-bond acceptors (Lipinski definition) is 5. The highest BCUT2D eigenvalue weighted by atomic mass is 32.1. The van der Waals surface area contributed by atoms with Crippen LogP contribution in [0.3, 0.4) is 0 Å². The van der Waals surface area contributed by atoms with E-state index in [1.54, 1.807) is 35.4 Å². The first-order valence-corrected chi connectivity index (χ1v) is 10.6. The van der Waals surface area contributed by atoms with Crippen molar-refractivity contribution >= 4 is 33.5 Å². The Morgan fingerprint density at radius 2 is 2.21 bits per heavy atom. The van der Waals surface area contributed by atoms with Gasteiger partial charge >= 0.3 is 0 Å². The number of nitrogens with zero attached hydrogens (tertiary/aromatic N) is 2. The lowest BCUT2D eigenvalue weighted by molar-refractivity contribution is -0.125. The summed E-state index contributed by atoms with van der Waals surface area (Å²) in [6, 6.07) is 12.0. The van der Waals surface area contributed by atoms with Crippen LogP contribution in [-0.2, 0) is 17.8 Å². The summed E-state index contributed by atoms with van der Waals surface area (Å²) in [6.07, 6.45) is 4.42. The largest absolute Gasteiger partial charge is 0.493 e. The van der Waals surface area contributed by atoms with Gasteiger partial charge in [0.15, 0.2) is 0 Å². The van der Waals surface area contributed by atoms with Gasteiger partial charge in [-0.05, 0) is 44.2 Å². The van der Waals surface area contributed by atoms with Crippen LogP contribution in [0.2, 0.25) is 0 Å². The molecular weight excluding hydrogens is 384 g/mol. The quantitative estimate of drug-likeness (QED) is 0.555. The van der Waals surface area contributed by atoms with Gasteiger partial charge in [0.2, 0.25) is 5.91 Å². The lowest BCUT2D eigenvalue weighted by Gasteiger charge is -2.13. The molecule has 150 valence electrons. The number of benzene rings is 2. The summed E-state index contributed by atoms with van der Waals surface area (Å²) in [7, 11) is 1.79. The third-order valence-electron chi connectivity index (χ3n) is 4.82. The maximum Gasteiger partial charge on any atom is 0.246 e. The van der Waals surface area contributed by atoms with Crippen molar-refractivity contribution in [1.29, 1.82) is 0 Å². The predicted octanol–water partition coefficient (Wildman–Crippen LogP) is 4.69. The molecule has 5 nitrogen and oxygen atoms in total. The second-order valence-corrected chi connectivity index (χ2v) is 8.28. The van der Waals surface area contributed by atoms with Crippen molar-refractivity contribution in [2.75, 3.05) is 13.7 Å². The smallest absolute Gasteiger partial charge is 0.246 e. The molecule has 0 bridgehead atoms. The van der Waals surface area contributed by atoms with Crippen molar-refractivity contribution in [3.8, 4) is 11.5 Å². The number of amides is 1. The summed E-state index contributed by atoms with van der Waals surface area (Å²) in [4.78, 5) is 18.9. The number of ether oxygens (including phenoxy) is 2. The summed E-state index contributed by atoms with van der Waals surface area (Å²) in [6.45, 7) is 5.06. The molecular formula is C23H24N2O3S. The molecule has 0 saturated heterocycles. The Kier molecular flexibility index (Phi) is 5.53. The Labute approximate surface area is 174 Å². The van der Waals surface area contributed by atoms with E-state index in [-0.39, 0.29) is 12.0 Å². The summed E-state index contributed by atoms with van der Waals surface area (Å²) in [5.41, 5.74) is 2.97. The maximum atomic E-state index is 12.6. The molecule has 3 aromatic rings. The van der Waals surface area contributed by atoms with Crippen molar-refractivity contribution < 1.29 is 14.3 Å². The minimum absolute atomic E-state index is 0.0820. The number of likely N-dealkylation sites (N-methyl/N-ethyl adjacent to an activating group) is 1. The molecule has 0 spiro atoms. The molecule has 4 rings (SSSR count). The second kappa shape index (κ2) is 8.25. The molecule has 1 unspecified atom stereocenters. The van der Waals surface area contributed by atoms with E-state index in [0.29, 0.717) is 13.2 Å². The van der Waals surface area contributed by atoms with Crippen LogP contribution in [0, 0.1) is 0 Å². The van der Waals surface area contributed by atoms with Crippen LogP contribution in [0.25, 0.3) is 16.3 Å². The van der Waals surface area contributed by atoms with E-state index in [4.69, 9.17) is 9.47 Å². The van der Waals surface area contributed by atoms with E-state index in [1.165, 1.54) is 0 Å². The molecule has 0 N–H and O–H groups in total. The normalized spacial score (nSPS) is 15.5. The second-order valence-electron chi connectivity index (χ2n) is 7.17. The highest BCUT2D eigenvalue weighted by Gasteiger charge is 2.21. The number of hydrogen-bond donors (Lipinski definition) is 0. The molecule has 1 aliphatic heterocycles. The monoisotopic (exact) mass is 408 g/mol. The summed E-state index contributed by atoms with van der Waals surface area (Å²) >= 11 is 1.61. The van der Waals surface area contributed by atoms with Crippen LogP contribution >= 0.6 is 11.3 Å². The molecule has 1 amide bonds. The van der Waals surface area contributed by atoms with Gasteiger partial charge in [-0.3, -0.25) is 4.79 Å². The zero-order valence-electron chi connectivity index (χ0n) is 16.8. The third-order valence-corrected chi connectivity index (χ3v) is 5.84. The molecule has 2 aromatic carbocycles. The highest BCUT2D eigenvalue weighted by molar-refractivity contribution is 7.18. The van der Waals surface area contributed by atoms with Crippen LogP contribution < -0.4 is 9.47 Å². The van der Waals surface area contributed by atoms with Gasteiger partial charge in [-0.15, -0.1) is 11.3 Å². The summed E-state index contributed by atoms with van der Waals surface area (Å²) < 4.78 is 12.8. The zero-order valence-corrected chi connectivity index (χ0v) is 17.7. The molecule has 0 saturated carbocycles. The first-order valence-electron chi connectivity index (χ1n) is 9.77. The van der Waals surface area contributed by atoms with Crippen LogP contribution in [0.1, 0.15) is 30.0 Å². The Hall–Kier alpha value is -2.86. The molecule has 1 aliphatic rings. The lowest BCUT2D eigenvalue weighted by atomic mass is 10.1. The Morgan fingerprint density at radius 3 is 3.00 bits per heavy atom.